The number of nitrogens with one attached hydrogen (secondary N) is 1. The number of methoxy groups -OCH3 is 1. The lowest BCUT2D eigenvalue weighted by Gasteiger charge is -2.11. The zero-order chi connectivity index (χ0) is 15.3. The normalized spacial score (nSPS) is 10.9. The zero-order valence-corrected chi connectivity index (χ0v) is 13.9. The predicted molar refractivity (Wildman–Crippen MR) is 86.8 cm³/mol. The van der Waals surface area contributed by atoms with Crippen molar-refractivity contribution in [3.8, 4) is 5.75 Å². The third-order valence-corrected chi connectivity index (χ3v) is 4.35. The Hall–Kier alpha value is -1.47. The van der Waals surface area contributed by atoms with Gasteiger partial charge in [0.1, 0.15) is 11.5 Å². The van der Waals surface area contributed by atoms with E-state index in [1.54, 1.807) is 32.0 Å². The van der Waals surface area contributed by atoms with Crippen LogP contribution in [0.3, 0.4) is 0 Å². The van der Waals surface area contributed by atoms with E-state index in [2.05, 4.69) is 5.32 Å². The molecule has 0 heterocycles. The van der Waals surface area contributed by atoms with Crippen molar-refractivity contribution in [2.75, 3.05) is 29.7 Å². The van der Waals surface area contributed by atoms with Crippen LogP contribution in [-0.4, -0.2) is 32.9 Å². The minimum atomic E-state index is -3.41. The van der Waals surface area contributed by atoms with Gasteiger partial charge in [0.25, 0.3) is 0 Å². The topological polar surface area (TPSA) is 98.5 Å². The number of hydrogen-bond donors (Lipinski definition) is 2. The van der Waals surface area contributed by atoms with Crippen molar-refractivity contribution in [1.29, 1.82) is 0 Å². The maximum absolute atomic E-state index is 11.8. The van der Waals surface area contributed by atoms with Gasteiger partial charge in [-0.2, -0.15) is 0 Å². The highest BCUT2D eigenvalue weighted by Gasteiger charge is 2.19. The Labute approximate surface area is 131 Å². The van der Waals surface area contributed by atoms with Crippen molar-refractivity contribution in [3.05, 3.63) is 18.2 Å². The van der Waals surface area contributed by atoms with Gasteiger partial charge in [0, 0.05) is 6.07 Å². The first-order valence-corrected chi connectivity index (χ1v) is 7.99. The number of benzene rings is 1. The summed E-state index contributed by atoms with van der Waals surface area (Å²) >= 11 is 0. The van der Waals surface area contributed by atoms with E-state index in [0.29, 0.717) is 17.1 Å². The molecule has 120 valence electrons. The Morgan fingerprint density at radius 3 is 2.52 bits per heavy atom. The smallest absolute Gasteiger partial charge is 0.239 e. The van der Waals surface area contributed by atoms with Crippen LogP contribution in [-0.2, 0) is 14.6 Å². The van der Waals surface area contributed by atoms with Crippen LogP contribution in [0.1, 0.15) is 13.8 Å². The molecule has 0 radical (unpaired) electrons. The van der Waals surface area contributed by atoms with Crippen LogP contribution in [0.2, 0.25) is 0 Å². The molecule has 0 spiro atoms. The van der Waals surface area contributed by atoms with Gasteiger partial charge in [-0.25, -0.2) is 8.42 Å². The molecular formula is C13H21ClN2O4S. The summed E-state index contributed by atoms with van der Waals surface area (Å²) in [6, 6.07) is 4.78. The molecule has 0 atom stereocenters. The van der Waals surface area contributed by atoms with Crippen molar-refractivity contribution < 1.29 is 17.9 Å². The number of rotatable bonds is 6. The van der Waals surface area contributed by atoms with E-state index in [4.69, 9.17) is 10.5 Å². The summed E-state index contributed by atoms with van der Waals surface area (Å²) in [6.07, 6.45) is 0. The number of carbonyl (C=O) groups is 1. The fourth-order valence-corrected chi connectivity index (χ4v) is 3.33. The van der Waals surface area contributed by atoms with Gasteiger partial charge in [-0.05, 0) is 18.1 Å². The van der Waals surface area contributed by atoms with Crippen LogP contribution in [0.15, 0.2) is 18.2 Å². The van der Waals surface area contributed by atoms with Crippen molar-refractivity contribution in [1.82, 2.24) is 0 Å². The third kappa shape index (κ3) is 6.68. The molecule has 1 amide bonds. The quantitative estimate of drug-likeness (QED) is 0.770. The Balaban J connectivity index is 0.00000400. The highest BCUT2D eigenvalue weighted by atomic mass is 35.5. The highest BCUT2D eigenvalue weighted by molar-refractivity contribution is 7.92. The van der Waals surface area contributed by atoms with Gasteiger partial charge in [-0.15, -0.1) is 12.4 Å². The summed E-state index contributed by atoms with van der Waals surface area (Å²) in [5, 5.41) is 2.49. The van der Waals surface area contributed by atoms with Gasteiger partial charge in [0.2, 0.25) is 5.91 Å². The van der Waals surface area contributed by atoms with E-state index in [-0.39, 0.29) is 24.1 Å². The number of anilines is 2. The van der Waals surface area contributed by atoms with Crippen molar-refractivity contribution >= 4 is 39.5 Å². The summed E-state index contributed by atoms with van der Waals surface area (Å²) in [6.45, 7) is 3.57. The average Bonchev–Trinajstić information content (AvgIpc) is 2.29. The standard InChI is InChI=1S/C13H20N2O4S.ClH/c1-9(2)7-20(17,18)8-13(16)15-12-6-10(19-3)4-5-11(12)14;/h4-6,9H,7-8,14H2,1-3H3,(H,15,16);1H. The van der Waals surface area contributed by atoms with E-state index in [1.165, 1.54) is 7.11 Å². The predicted octanol–water partition coefficient (Wildman–Crippen LogP) is 1.71. The lowest BCUT2D eigenvalue weighted by molar-refractivity contribution is -0.113. The monoisotopic (exact) mass is 336 g/mol. The highest BCUT2D eigenvalue weighted by Crippen LogP contribution is 2.24. The number of carbonyl (C=O) groups excluding carboxylic acids is 1. The van der Waals surface area contributed by atoms with Crippen LogP contribution in [0.4, 0.5) is 11.4 Å². The van der Waals surface area contributed by atoms with E-state index in [1.807, 2.05) is 0 Å². The Morgan fingerprint density at radius 1 is 1.38 bits per heavy atom. The number of hydrogen-bond acceptors (Lipinski definition) is 5. The SMILES string of the molecule is COc1ccc(N)c(NC(=O)CS(=O)(=O)CC(C)C)c1.Cl. The summed E-state index contributed by atoms with van der Waals surface area (Å²) in [4.78, 5) is 11.8. The van der Waals surface area contributed by atoms with E-state index >= 15 is 0 Å². The van der Waals surface area contributed by atoms with Gasteiger partial charge in [-0.3, -0.25) is 4.79 Å². The molecule has 8 heteroatoms. The molecule has 0 bridgehead atoms. The van der Waals surface area contributed by atoms with Crippen LogP contribution < -0.4 is 15.8 Å². The van der Waals surface area contributed by atoms with Crippen molar-refractivity contribution in [2.45, 2.75) is 13.8 Å². The maximum Gasteiger partial charge on any atom is 0.239 e. The van der Waals surface area contributed by atoms with Crippen LogP contribution in [0.5, 0.6) is 5.75 Å². The zero-order valence-electron chi connectivity index (χ0n) is 12.3. The molecule has 0 saturated heterocycles. The number of nitrogens with two attached hydrogens (primary N) is 1. The average molecular weight is 337 g/mol. The largest absolute Gasteiger partial charge is 0.497 e. The molecular weight excluding hydrogens is 316 g/mol. The number of amides is 1. The fourth-order valence-electron chi connectivity index (χ4n) is 1.72. The van der Waals surface area contributed by atoms with Gasteiger partial charge in [0.15, 0.2) is 9.84 Å². The van der Waals surface area contributed by atoms with E-state index < -0.39 is 21.5 Å². The minimum absolute atomic E-state index is 0. The van der Waals surface area contributed by atoms with Crippen LogP contribution >= 0.6 is 12.4 Å². The lowest BCUT2D eigenvalue weighted by atomic mass is 10.2. The first-order valence-electron chi connectivity index (χ1n) is 6.17. The van der Waals surface area contributed by atoms with Gasteiger partial charge in [0.05, 0.1) is 24.2 Å². The molecule has 0 aliphatic heterocycles. The minimum Gasteiger partial charge on any atom is -0.497 e. The molecule has 1 aromatic rings. The summed E-state index contributed by atoms with van der Waals surface area (Å²) in [5.41, 5.74) is 6.41. The van der Waals surface area contributed by atoms with E-state index in [0.717, 1.165) is 0 Å². The van der Waals surface area contributed by atoms with E-state index in [9.17, 15) is 13.2 Å². The lowest BCUT2D eigenvalue weighted by Crippen LogP contribution is -2.26. The second-order valence-corrected chi connectivity index (χ2v) is 7.06. The first kappa shape index (κ1) is 19.5. The van der Waals surface area contributed by atoms with Crippen molar-refractivity contribution in [2.24, 2.45) is 5.92 Å². The molecule has 0 fully saturated rings. The van der Waals surface area contributed by atoms with Crippen LogP contribution in [0, 0.1) is 5.92 Å². The first-order chi connectivity index (χ1) is 9.23. The number of sulfone groups is 1. The Kier molecular flexibility index (Phi) is 7.52. The molecule has 0 aliphatic carbocycles. The molecule has 0 saturated carbocycles. The molecule has 21 heavy (non-hydrogen) atoms. The number of ether oxygens (including phenoxy) is 1. The molecule has 0 aromatic heterocycles. The summed E-state index contributed by atoms with van der Waals surface area (Å²) in [5.74, 6) is -0.671. The number of halogens is 1. The molecule has 3 N–H and O–H groups in total. The van der Waals surface area contributed by atoms with Crippen molar-refractivity contribution in [3.63, 3.8) is 0 Å². The molecule has 6 nitrogen and oxygen atoms in total. The molecule has 0 unspecified atom stereocenters. The second-order valence-electron chi connectivity index (χ2n) is 4.95. The molecule has 1 rings (SSSR count). The summed E-state index contributed by atoms with van der Waals surface area (Å²) < 4.78 is 28.5. The van der Waals surface area contributed by atoms with Crippen LogP contribution in [0.25, 0.3) is 0 Å². The Morgan fingerprint density at radius 2 is 2.00 bits per heavy atom. The summed E-state index contributed by atoms with van der Waals surface area (Å²) in [7, 11) is -1.92. The fraction of sp³-hybridized carbons (Fsp3) is 0.462. The third-order valence-electron chi connectivity index (χ3n) is 2.47. The number of nitrogen functional groups attached to an aromatic ring is 1. The molecule has 0 aliphatic rings. The maximum atomic E-state index is 11.8. The molecule has 1 aromatic carbocycles. The van der Waals surface area contributed by atoms with Gasteiger partial charge >= 0.3 is 0 Å². The van der Waals surface area contributed by atoms with Gasteiger partial charge in [-0.1, -0.05) is 13.8 Å². The second kappa shape index (κ2) is 8.09. The van der Waals surface area contributed by atoms with Gasteiger partial charge < -0.3 is 15.8 Å². The Bertz CT molecular complexity index is 588.